The van der Waals surface area contributed by atoms with Crippen molar-refractivity contribution in [2.24, 2.45) is 0 Å². The van der Waals surface area contributed by atoms with Crippen molar-refractivity contribution in [3.63, 3.8) is 0 Å². The number of piperazine rings is 1. The minimum atomic E-state index is 0. The van der Waals surface area contributed by atoms with Crippen LogP contribution in [0.4, 0.5) is 5.69 Å². The molecule has 1 heterocycles. The highest BCUT2D eigenvalue weighted by Gasteiger charge is 2.28. The number of carbonyl (C=O) groups excluding carboxylic acids is 1. The van der Waals surface area contributed by atoms with Crippen LogP contribution in [-0.2, 0) is 4.79 Å². The summed E-state index contributed by atoms with van der Waals surface area (Å²) < 4.78 is 5.55. The van der Waals surface area contributed by atoms with Gasteiger partial charge in [-0.2, -0.15) is 0 Å². The van der Waals surface area contributed by atoms with Gasteiger partial charge in [0.2, 0.25) is 5.91 Å². The van der Waals surface area contributed by atoms with E-state index in [1.165, 1.54) is 5.56 Å². The van der Waals surface area contributed by atoms with E-state index >= 15 is 0 Å². The van der Waals surface area contributed by atoms with Gasteiger partial charge in [0.15, 0.2) is 0 Å². The number of para-hydroxylation sites is 2. The Morgan fingerprint density at radius 2 is 2.00 bits per heavy atom. The number of anilines is 1. The van der Waals surface area contributed by atoms with Crippen LogP contribution in [0, 0.1) is 6.92 Å². The van der Waals surface area contributed by atoms with Gasteiger partial charge in [-0.15, -0.1) is 12.4 Å². The second kappa shape index (κ2) is 10.6. The van der Waals surface area contributed by atoms with Crippen molar-refractivity contribution in [1.82, 2.24) is 10.2 Å². The molecule has 0 spiro atoms. The van der Waals surface area contributed by atoms with E-state index in [-0.39, 0.29) is 24.4 Å². The average molecular weight is 418 g/mol. The van der Waals surface area contributed by atoms with Gasteiger partial charge in [0, 0.05) is 30.9 Å². The van der Waals surface area contributed by atoms with Crippen LogP contribution in [0.5, 0.6) is 5.75 Å². The van der Waals surface area contributed by atoms with Crippen molar-refractivity contribution in [2.45, 2.75) is 32.7 Å². The molecule has 1 unspecified atom stereocenters. The summed E-state index contributed by atoms with van der Waals surface area (Å²) in [4.78, 5) is 15.2. The fraction of sp³-hybridized carbons (Fsp3) is 0.435. The number of methoxy groups -OCH3 is 1. The van der Waals surface area contributed by atoms with Crippen LogP contribution in [-0.4, -0.2) is 44.1 Å². The lowest BCUT2D eigenvalue weighted by molar-refractivity contribution is -0.118. The zero-order valence-corrected chi connectivity index (χ0v) is 18.5. The van der Waals surface area contributed by atoms with E-state index in [4.69, 9.17) is 4.74 Å². The van der Waals surface area contributed by atoms with Crippen molar-refractivity contribution in [2.75, 3.05) is 38.6 Å². The molecule has 1 fully saturated rings. The van der Waals surface area contributed by atoms with E-state index < -0.39 is 0 Å². The van der Waals surface area contributed by atoms with E-state index in [1.54, 1.807) is 7.11 Å². The van der Waals surface area contributed by atoms with Crippen molar-refractivity contribution in [1.29, 1.82) is 0 Å². The Bertz CT molecular complexity index is 826. The number of nitrogens with zero attached hydrogens (tertiary/aromatic N) is 1. The topological polar surface area (TPSA) is 53.6 Å². The molecule has 1 aliphatic heterocycles. The third kappa shape index (κ3) is 5.50. The molecule has 0 aromatic heterocycles. The highest BCUT2D eigenvalue weighted by Crippen LogP contribution is 2.31. The Hall–Kier alpha value is -2.08. The summed E-state index contributed by atoms with van der Waals surface area (Å²) in [5.74, 6) is 1.25. The third-order valence-electron chi connectivity index (χ3n) is 5.39. The van der Waals surface area contributed by atoms with E-state index in [1.807, 2.05) is 37.3 Å². The number of amides is 1. The molecule has 0 bridgehead atoms. The SMILES string of the molecule is COc1ccccc1C1CNCCN1CC(=O)Nc1c(C)cccc1C(C)C.Cl. The lowest BCUT2D eigenvalue weighted by atomic mass is 9.98. The van der Waals surface area contributed by atoms with Crippen LogP contribution in [0.2, 0.25) is 0 Å². The highest BCUT2D eigenvalue weighted by molar-refractivity contribution is 5.94. The van der Waals surface area contributed by atoms with Crippen LogP contribution in [0.15, 0.2) is 42.5 Å². The molecule has 0 aliphatic carbocycles. The largest absolute Gasteiger partial charge is 0.496 e. The summed E-state index contributed by atoms with van der Waals surface area (Å²) in [7, 11) is 1.69. The standard InChI is InChI=1S/C23H31N3O2.ClH/c1-16(2)18-10-7-8-17(3)23(18)25-22(27)15-26-13-12-24-14-20(26)19-9-5-6-11-21(19)28-4;/h5-11,16,20,24H,12-15H2,1-4H3,(H,25,27);1H. The number of aryl methyl sites for hydroxylation is 1. The number of hydrogen-bond acceptors (Lipinski definition) is 4. The van der Waals surface area contributed by atoms with Gasteiger partial charge < -0.3 is 15.4 Å². The van der Waals surface area contributed by atoms with Gasteiger partial charge in [0.05, 0.1) is 19.7 Å². The molecule has 1 amide bonds. The normalized spacial score (nSPS) is 16.9. The Morgan fingerprint density at radius 3 is 2.72 bits per heavy atom. The summed E-state index contributed by atoms with van der Waals surface area (Å²) in [6.45, 7) is 9.20. The molecule has 1 atom stereocenters. The Morgan fingerprint density at radius 1 is 1.24 bits per heavy atom. The number of nitrogens with one attached hydrogen (secondary N) is 2. The predicted molar refractivity (Wildman–Crippen MR) is 121 cm³/mol. The molecule has 2 aromatic carbocycles. The number of benzene rings is 2. The van der Waals surface area contributed by atoms with Crippen LogP contribution in [0.1, 0.15) is 42.5 Å². The Balaban J connectivity index is 0.00000300. The molecule has 0 radical (unpaired) electrons. The van der Waals surface area contributed by atoms with Gasteiger partial charge in [-0.3, -0.25) is 9.69 Å². The number of halogens is 1. The minimum absolute atomic E-state index is 0. The zero-order valence-electron chi connectivity index (χ0n) is 17.7. The molecular formula is C23H32ClN3O2. The maximum absolute atomic E-state index is 12.9. The van der Waals surface area contributed by atoms with Gasteiger partial charge in [0.25, 0.3) is 0 Å². The monoisotopic (exact) mass is 417 g/mol. The molecule has 3 rings (SSSR count). The lowest BCUT2D eigenvalue weighted by Crippen LogP contribution is -2.48. The van der Waals surface area contributed by atoms with Crippen LogP contribution in [0.3, 0.4) is 0 Å². The first-order valence-corrected chi connectivity index (χ1v) is 9.98. The summed E-state index contributed by atoms with van der Waals surface area (Å²) in [5.41, 5.74) is 4.34. The smallest absolute Gasteiger partial charge is 0.238 e. The number of hydrogen-bond donors (Lipinski definition) is 2. The van der Waals surface area contributed by atoms with Crippen LogP contribution in [0.25, 0.3) is 0 Å². The first-order chi connectivity index (χ1) is 13.5. The first kappa shape index (κ1) is 23.2. The fourth-order valence-electron chi connectivity index (χ4n) is 3.89. The Labute approximate surface area is 180 Å². The quantitative estimate of drug-likeness (QED) is 0.741. The zero-order chi connectivity index (χ0) is 20.1. The summed E-state index contributed by atoms with van der Waals surface area (Å²) in [5, 5.41) is 6.62. The summed E-state index contributed by atoms with van der Waals surface area (Å²) in [6, 6.07) is 14.4. The van der Waals surface area contributed by atoms with Gasteiger partial charge in [-0.25, -0.2) is 0 Å². The first-order valence-electron chi connectivity index (χ1n) is 9.98. The molecular weight excluding hydrogens is 386 g/mol. The predicted octanol–water partition coefficient (Wildman–Crippen LogP) is 4.13. The maximum atomic E-state index is 12.9. The molecule has 29 heavy (non-hydrogen) atoms. The molecule has 0 saturated carbocycles. The average Bonchev–Trinajstić information content (AvgIpc) is 2.69. The molecule has 1 saturated heterocycles. The Kier molecular flexibility index (Phi) is 8.50. The third-order valence-corrected chi connectivity index (χ3v) is 5.39. The molecule has 5 nitrogen and oxygen atoms in total. The molecule has 2 aromatic rings. The molecule has 2 N–H and O–H groups in total. The van der Waals surface area contributed by atoms with E-state index in [0.29, 0.717) is 12.5 Å². The van der Waals surface area contributed by atoms with Crippen LogP contribution < -0.4 is 15.4 Å². The van der Waals surface area contributed by atoms with Gasteiger partial charge in [-0.1, -0.05) is 50.2 Å². The maximum Gasteiger partial charge on any atom is 0.238 e. The van der Waals surface area contributed by atoms with Gasteiger partial charge >= 0.3 is 0 Å². The van der Waals surface area contributed by atoms with Gasteiger partial charge in [0.1, 0.15) is 5.75 Å². The number of carbonyl (C=O) groups is 1. The van der Waals surface area contributed by atoms with Crippen molar-refractivity contribution >= 4 is 24.0 Å². The van der Waals surface area contributed by atoms with Crippen molar-refractivity contribution in [3.05, 3.63) is 59.2 Å². The van der Waals surface area contributed by atoms with Gasteiger partial charge in [-0.05, 0) is 30.0 Å². The van der Waals surface area contributed by atoms with E-state index in [2.05, 4.69) is 41.5 Å². The highest BCUT2D eigenvalue weighted by atomic mass is 35.5. The minimum Gasteiger partial charge on any atom is -0.496 e. The van der Waals surface area contributed by atoms with Crippen molar-refractivity contribution < 1.29 is 9.53 Å². The second-order valence-electron chi connectivity index (χ2n) is 7.67. The van der Waals surface area contributed by atoms with Crippen molar-refractivity contribution in [3.8, 4) is 5.75 Å². The second-order valence-corrected chi connectivity index (χ2v) is 7.67. The van der Waals surface area contributed by atoms with Crippen LogP contribution >= 0.6 is 12.4 Å². The van der Waals surface area contributed by atoms with E-state index in [9.17, 15) is 4.79 Å². The summed E-state index contributed by atoms with van der Waals surface area (Å²) in [6.07, 6.45) is 0. The van der Waals surface area contributed by atoms with E-state index in [0.717, 1.165) is 42.2 Å². The number of ether oxygens (including phenoxy) is 1. The molecule has 6 heteroatoms. The summed E-state index contributed by atoms with van der Waals surface area (Å²) >= 11 is 0. The molecule has 158 valence electrons. The fourth-order valence-corrected chi connectivity index (χ4v) is 3.89. The molecule has 1 aliphatic rings. The number of rotatable bonds is 6. The lowest BCUT2D eigenvalue weighted by Gasteiger charge is -2.36.